The van der Waals surface area contributed by atoms with Crippen LogP contribution in [-0.2, 0) is 29.3 Å². The van der Waals surface area contributed by atoms with Crippen LogP contribution in [0, 0.1) is 0 Å². The molecule has 1 aliphatic carbocycles. The molecule has 0 spiro atoms. The molecule has 0 bridgehead atoms. The lowest BCUT2D eigenvalue weighted by Gasteiger charge is -2.08. The van der Waals surface area contributed by atoms with E-state index in [-0.39, 0.29) is 12.4 Å². The van der Waals surface area contributed by atoms with Crippen molar-refractivity contribution in [3.8, 4) is 5.75 Å². The molecular weight excluding hydrogens is 344 g/mol. The number of aryl methyl sites for hydroxylation is 3. The van der Waals surface area contributed by atoms with Crippen LogP contribution in [0.15, 0.2) is 24.3 Å². The number of sulfonamides is 1. The molecule has 1 heterocycles. The van der Waals surface area contributed by atoms with Gasteiger partial charge in [-0.3, -0.25) is 4.72 Å². The number of nitrogens with zero attached hydrogens (tertiary/aromatic N) is 1. The predicted molar refractivity (Wildman–Crippen MR) is 97.5 cm³/mol. The smallest absolute Gasteiger partial charge is 0.237 e. The van der Waals surface area contributed by atoms with Gasteiger partial charge in [0.15, 0.2) is 5.13 Å². The van der Waals surface area contributed by atoms with E-state index in [0.717, 1.165) is 37.8 Å². The van der Waals surface area contributed by atoms with E-state index in [1.165, 1.54) is 21.8 Å². The number of fused-ring (bicyclic) bond motifs is 1. The molecule has 0 amide bonds. The summed E-state index contributed by atoms with van der Waals surface area (Å²) in [6.07, 6.45) is 5.21. The summed E-state index contributed by atoms with van der Waals surface area (Å²) in [5, 5.41) is 0.481. The number of anilines is 1. The molecule has 1 aromatic carbocycles. The van der Waals surface area contributed by atoms with Gasteiger partial charge >= 0.3 is 0 Å². The van der Waals surface area contributed by atoms with Gasteiger partial charge in [-0.15, -0.1) is 11.3 Å². The Kier molecular flexibility index (Phi) is 5.40. The van der Waals surface area contributed by atoms with Gasteiger partial charge in [0, 0.05) is 4.88 Å². The maximum atomic E-state index is 12.2. The first-order valence-electron chi connectivity index (χ1n) is 8.26. The number of hydrogen-bond donors (Lipinski definition) is 1. The second-order valence-corrected chi connectivity index (χ2v) is 8.79. The van der Waals surface area contributed by atoms with Crippen LogP contribution in [0.3, 0.4) is 0 Å². The zero-order valence-corrected chi connectivity index (χ0v) is 15.4. The van der Waals surface area contributed by atoms with Crippen molar-refractivity contribution in [2.45, 2.75) is 39.0 Å². The van der Waals surface area contributed by atoms with Crippen LogP contribution in [0.4, 0.5) is 5.13 Å². The third kappa shape index (κ3) is 4.48. The highest BCUT2D eigenvalue weighted by molar-refractivity contribution is 7.92. The Morgan fingerprint density at radius 3 is 2.67 bits per heavy atom. The van der Waals surface area contributed by atoms with E-state index in [2.05, 4.69) is 16.6 Å². The fourth-order valence-electron chi connectivity index (χ4n) is 2.67. The topological polar surface area (TPSA) is 68.3 Å². The Labute approximate surface area is 147 Å². The first-order chi connectivity index (χ1) is 11.6. The van der Waals surface area contributed by atoms with Crippen LogP contribution in [-0.4, -0.2) is 25.8 Å². The molecule has 130 valence electrons. The van der Waals surface area contributed by atoms with Gasteiger partial charge in [0.2, 0.25) is 10.0 Å². The van der Waals surface area contributed by atoms with E-state index < -0.39 is 10.0 Å². The van der Waals surface area contributed by atoms with Crippen LogP contribution in [0.2, 0.25) is 0 Å². The lowest BCUT2D eigenvalue weighted by atomic mass is 10.0. The third-order valence-corrected chi connectivity index (χ3v) is 6.45. The lowest BCUT2D eigenvalue weighted by molar-refractivity contribution is 0.341. The van der Waals surface area contributed by atoms with Gasteiger partial charge in [0.05, 0.1) is 5.69 Å². The van der Waals surface area contributed by atoms with E-state index in [0.29, 0.717) is 10.9 Å². The van der Waals surface area contributed by atoms with Gasteiger partial charge in [-0.2, -0.15) is 0 Å². The first kappa shape index (κ1) is 17.2. The summed E-state index contributed by atoms with van der Waals surface area (Å²) >= 11 is 1.45. The van der Waals surface area contributed by atoms with Crippen LogP contribution < -0.4 is 9.46 Å². The first-order valence-corrected chi connectivity index (χ1v) is 10.7. The van der Waals surface area contributed by atoms with Crippen LogP contribution in [0.25, 0.3) is 0 Å². The van der Waals surface area contributed by atoms with Gasteiger partial charge in [-0.1, -0.05) is 19.1 Å². The molecular formula is C17H22N2O3S2. The van der Waals surface area contributed by atoms with E-state index >= 15 is 0 Å². The Morgan fingerprint density at radius 1 is 1.21 bits per heavy atom. The van der Waals surface area contributed by atoms with Crippen molar-refractivity contribution in [3.63, 3.8) is 0 Å². The molecule has 1 aromatic heterocycles. The number of benzene rings is 1. The van der Waals surface area contributed by atoms with Crippen molar-refractivity contribution in [3.05, 3.63) is 40.4 Å². The monoisotopic (exact) mass is 366 g/mol. The number of rotatable bonds is 7. The van der Waals surface area contributed by atoms with E-state index in [1.807, 2.05) is 24.3 Å². The summed E-state index contributed by atoms with van der Waals surface area (Å²) in [5.41, 5.74) is 2.28. The fourth-order valence-corrected chi connectivity index (χ4v) is 4.84. The maximum absolute atomic E-state index is 12.2. The Hall–Kier alpha value is -1.60. The molecule has 3 rings (SSSR count). The summed E-state index contributed by atoms with van der Waals surface area (Å²) in [5.74, 6) is 0.597. The molecule has 7 heteroatoms. The van der Waals surface area contributed by atoms with Crippen molar-refractivity contribution in [2.24, 2.45) is 0 Å². The minimum absolute atomic E-state index is 0.0905. The number of thiazole rings is 1. The molecule has 0 fully saturated rings. The second-order valence-electron chi connectivity index (χ2n) is 5.86. The number of aromatic nitrogens is 1. The van der Waals surface area contributed by atoms with Gasteiger partial charge in [-0.05, 0) is 49.8 Å². The summed E-state index contributed by atoms with van der Waals surface area (Å²) in [6.45, 7) is 2.20. The molecule has 24 heavy (non-hydrogen) atoms. The van der Waals surface area contributed by atoms with Crippen molar-refractivity contribution in [1.82, 2.24) is 4.98 Å². The zero-order chi connectivity index (χ0) is 17.0. The van der Waals surface area contributed by atoms with Gasteiger partial charge in [0.1, 0.15) is 18.1 Å². The Bertz CT molecular complexity index is 759. The minimum Gasteiger partial charge on any atom is -0.492 e. The highest BCUT2D eigenvalue weighted by Gasteiger charge is 2.18. The van der Waals surface area contributed by atoms with E-state index in [4.69, 9.17) is 4.74 Å². The molecule has 0 atom stereocenters. The number of ether oxygens (including phenoxy) is 1. The molecule has 0 aliphatic heterocycles. The summed E-state index contributed by atoms with van der Waals surface area (Å²) in [7, 11) is -3.44. The van der Waals surface area contributed by atoms with E-state index in [1.54, 1.807) is 0 Å². The average molecular weight is 367 g/mol. The van der Waals surface area contributed by atoms with Crippen LogP contribution >= 0.6 is 11.3 Å². The largest absolute Gasteiger partial charge is 0.492 e. The zero-order valence-electron chi connectivity index (χ0n) is 13.7. The predicted octanol–water partition coefficient (Wildman–Crippen LogP) is 3.41. The molecule has 2 aromatic rings. The fraction of sp³-hybridized carbons (Fsp3) is 0.471. The molecule has 1 aliphatic rings. The van der Waals surface area contributed by atoms with Crippen molar-refractivity contribution in [2.75, 3.05) is 17.1 Å². The molecule has 0 saturated heterocycles. The van der Waals surface area contributed by atoms with Crippen molar-refractivity contribution >= 4 is 26.5 Å². The average Bonchev–Trinajstić information content (AvgIpc) is 2.96. The van der Waals surface area contributed by atoms with Crippen molar-refractivity contribution in [1.29, 1.82) is 0 Å². The minimum atomic E-state index is -3.44. The number of hydrogen-bond acceptors (Lipinski definition) is 5. The van der Waals surface area contributed by atoms with Crippen LogP contribution in [0.5, 0.6) is 5.75 Å². The Balaban J connectivity index is 1.52. The molecule has 0 radical (unpaired) electrons. The standard InChI is InChI=1S/C17H22N2O3S2/c1-2-13-7-9-14(10-8-13)22-11-12-24(20,21)19-17-18-15-5-3-4-6-16(15)23-17/h7-10H,2-6,11-12H2,1H3,(H,18,19). The summed E-state index contributed by atoms with van der Waals surface area (Å²) in [4.78, 5) is 5.62. The van der Waals surface area contributed by atoms with Gasteiger partial charge in [-0.25, -0.2) is 13.4 Å². The molecule has 0 saturated carbocycles. The van der Waals surface area contributed by atoms with Crippen LogP contribution in [0.1, 0.15) is 35.9 Å². The third-order valence-electron chi connectivity index (χ3n) is 4.04. The quantitative estimate of drug-likeness (QED) is 0.815. The Morgan fingerprint density at radius 2 is 1.96 bits per heavy atom. The lowest BCUT2D eigenvalue weighted by Crippen LogP contribution is -2.21. The SMILES string of the molecule is CCc1ccc(OCCS(=O)(=O)Nc2nc3c(s2)CCCC3)cc1. The molecule has 0 unspecified atom stereocenters. The second kappa shape index (κ2) is 7.53. The van der Waals surface area contributed by atoms with E-state index in [9.17, 15) is 8.42 Å². The van der Waals surface area contributed by atoms with Crippen molar-refractivity contribution < 1.29 is 13.2 Å². The summed E-state index contributed by atoms with van der Waals surface area (Å²) < 4.78 is 32.5. The normalized spacial score (nSPS) is 14.2. The molecule has 1 N–H and O–H groups in total. The van der Waals surface area contributed by atoms with Gasteiger partial charge in [0.25, 0.3) is 0 Å². The molecule has 5 nitrogen and oxygen atoms in total. The van der Waals surface area contributed by atoms with Gasteiger partial charge < -0.3 is 4.74 Å². The summed E-state index contributed by atoms with van der Waals surface area (Å²) in [6, 6.07) is 7.71. The number of nitrogens with one attached hydrogen (secondary N) is 1. The highest BCUT2D eigenvalue weighted by Crippen LogP contribution is 2.30. The highest BCUT2D eigenvalue weighted by atomic mass is 32.2. The maximum Gasteiger partial charge on any atom is 0.237 e.